The van der Waals surface area contributed by atoms with E-state index in [1.807, 2.05) is 29.6 Å². The van der Waals surface area contributed by atoms with Crippen LogP contribution in [-0.2, 0) is 6.42 Å². The van der Waals surface area contributed by atoms with E-state index in [2.05, 4.69) is 4.98 Å². The van der Waals surface area contributed by atoms with E-state index in [0.717, 1.165) is 10.6 Å². The predicted octanol–water partition coefficient (Wildman–Crippen LogP) is 3.70. The van der Waals surface area contributed by atoms with Gasteiger partial charge in [-0.3, -0.25) is 0 Å². The number of anilines is 1. The number of rotatable bonds is 5. The smallest absolute Gasteiger partial charge is 0.335 e. The number of nitrogens with zero attached hydrogens (tertiary/aromatic N) is 1. The van der Waals surface area contributed by atoms with Crippen LogP contribution in [0.1, 0.15) is 20.9 Å². The number of carboxylic acid groups (broad SMARTS) is 1. The molecule has 120 valence electrons. The molecule has 0 saturated carbocycles. The van der Waals surface area contributed by atoms with Crippen LogP contribution in [0.15, 0.2) is 53.9 Å². The van der Waals surface area contributed by atoms with Gasteiger partial charge in [0.05, 0.1) is 16.3 Å². The number of nitrogens with one attached hydrogen (secondary N) is 1. The van der Waals surface area contributed by atoms with E-state index in [4.69, 9.17) is 16.2 Å². The Kier molecular flexibility index (Phi) is 4.39. The molecule has 0 saturated heterocycles. The summed E-state index contributed by atoms with van der Waals surface area (Å²) in [6, 6.07) is 14.0. The third-order valence-corrected chi connectivity index (χ3v) is 4.42. The van der Waals surface area contributed by atoms with E-state index in [1.54, 1.807) is 24.3 Å². The summed E-state index contributed by atoms with van der Waals surface area (Å²) >= 11 is 1.45. The fourth-order valence-corrected chi connectivity index (χ4v) is 3.17. The molecule has 0 aliphatic carbocycles. The van der Waals surface area contributed by atoms with E-state index >= 15 is 0 Å². The van der Waals surface area contributed by atoms with Gasteiger partial charge in [0.25, 0.3) is 0 Å². The molecule has 0 radical (unpaired) electrons. The lowest BCUT2D eigenvalue weighted by Gasteiger charge is -2.05. The van der Waals surface area contributed by atoms with Gasteiger partial charge in [0.1, 0.15) is 0 Å². The van der Waals surface area contributed by atoms with E-state index < -0.39 is 5.97 Å². The van der Waals surface area contributed by atoms with Crippen LogP contribution in [-0.4, -0.2) is 21.8 Å². The molecule has 5 nitrogen and oxygen atoms in total. The number of hydrogen-bond acceptors (Lipinski definition) is 5. The molecule has 1 heterocycles. The standard InChI is InChI=1S/C18H15N3O2S/c19-14-7-2-1-6-13(14)15(20)9-17-21-16(10-24-17)11-4-3-5-12(8-11)18(22)23/h1-8,10,20H,9,19H2,(H,22,23). The summed E-state index contributed by atoms with van der Waals surface area (Å²) in [5.41, 5.74) is 9.30. The number of benzene rings is 2. The summed E-state index contributed by atoms with van der Waals surface area (Å²) in [6.45, 7) is 0. The van der Waals surface area contributed by atoms with Gasteiger partial charge in [0.15, 0.2) is 0 Å². The summed E-state index contributed by atoms with van der Waals surface area (Å²) < 4.78 is 0. The second-order valence-corrected chi connectivity index (χ2v) is 6.20. The van der Waals surface area contributed by atoms with Gasteiger partial charge in [-0.2, -0.15) is 0 Å². The largest absolute Gasteiger partial charge is 0.478 e. The third-order valence-electron chi connectivity index (χ3n) is 3.57. The quantitative estimate of drug-likeness (QED) is 0.488. The molecule has 6 heteroatoms. The maximum Gasteiger partial charge on any atom is 0.335 e. The first-order chi connectivity index (χ1) is 11.5. The number of carbonyl (C=O) groups is 1. The molecule has 3 rings (SSSR count). The van der Waals surface area contributed by atoms with Gasteiger partial charge in [-0.25, -0.2) is 9.78 Å². The van der Waals surface area contributed by atoms with Crippen molar-refractivity contribution >= 4 is 28.7 Å². The number of aromatic nitrogens is 1. The first-order valence-corrected chi connectivity index (χ1v) is 8.13. The average molecular weight is 337 g/mol. The molecule has 0 aliphatic rings. The summed E-state index contributed by atoms with van der Waals surface area (Å²) in [6.07, 6.45) is 0.386. The van der Waals surface area contributed by atoms with Crippen LogP contribution in [0.2, 0.25) is 0 Å². The topological polar surface area (TPSA) is 100 Å². The molecule has 3 aromatic rings. The van der Waals surface area contributed by atoms with Crippen molar-refractivity contribution in [3.8, 4) is 11.3 Å². The van der Waals surface area contributed by atoms with Crippen LogP contribution in [0.3, 0.4) is 0 Å². The summed E-state index contributed by atoms with van der Waals surface area (Å²) in [5.74, 6) is -0.964. The Morgan fingerprint density at radius 3 is 2.75 bits per heavy atom. The number of carboxylic acids is 1. The molecule has 0 bridgehead atoms. The number of thiazole rings is 1. The van der Waals surface area contributed by atoms with E-state index in [9.17, 15) is 4.79 Å². The van der Waals surface area contributed by atoms with Gasteiger partial charge in [-0.05, 0) is 18.2 Å². The highest BCUT2D eigenvalue weighted by Gasteiger charge is 2.11. The predicted molar refractivity (Wildman–Crippen MR) is 95.9 cm³/mol. The van der Waals surface area contributed by atoms with Gasteiger partial charge in [0.2, 0.25) is 0 Å². The Morgan fingerprint density at radius 2 is 2.00 bits per heavy atom. The zero-order valence-electron chi connectivity index (χ0n) is 12.7. The van der Waals surface area contributed by atoms with Crippen molar-refractivity contribution in [1.29, 1.82) is 5.41 Å². The van der Waals surface area contributed by atoms with Crippen molar-refractivity contribution in [3.05, 3.63) is 70.0 Å². The molecule has 0 aliphatic heterocycles. The number of para-hydroxylation sites is 1. The minimum Gasteiger partial charge on any atom is -0.478 e. The van der Waals surface area contributed by atoms with Gasteiger partial charge in [-0.15, -0.1) is 11.3 Å². The molecule has 4 N–H and O–H groups in total. The highest BCUT2D eigenvalue weighted by atomic mass is 32.1. The lowest BCUT2D eigenvalue weighted by atomic mass is 10.1. The van der Waals surface area contributed by atoms with Crippen LogP contribution < -0.4 is 5.73 Å². The molecule has 0 fully saturated rings. The van der Waals surface area contributed by atoms with Gasteiger partial charge < -0.3 is 16.2 Å². The van der Waals surface area contributed by atoms with Crippen LogP contribution in [0.25, 0.3) is 11.3 Å². The fraction of sp³-hybridized carbons (Fsp3) is 0.0556. The average Bonchev–Trinajstić information content (AvgIpc) is 3.04. The SMILES string of the molecule is N=C(Cc1nc(-c2cccc(C(=O)O)c2)cs1)c1ccccc1N. The summed E-state index contributed by atoms with van der Waals surface area (Å²) in [5, 5.41) is 20.0. The van der Waals surface area contributed by atoms with Crippen molar-refractivity contribution in [1.82, 2.24) is 4.98 Å². The van der Waals surface area contributed by atoms with Crippen LogP contribution in [0.4, 0.5) is 5.69 Å². The fourth-order valence-electron chi connectivity index (χ4n) is 2.35. The van der Waals surface area contributed by atoms with Crippen molar-refractivity contribution < 1.29 is 9.90 Å². The highest BCUT2D eigenvalue weighted by Crippen LogP contribution is 2.24. The Labute approximate surface area is 142 Å². The molecule has 0 spiro atoms. The van der Waals surface area contributed by atoms with Crippen LogP contribution in [0, 0.1) is 5.41 Å². The molecule has 0 amide bonds. The second-order valence-electron chi connectivity index (χ2n) is 5.26. The van der Waals surface area contributed by atoms with Crippen LogP contribution >= 0.6 is 11.3 Å². The molecule has 2 aromatic carbocycles. The normalized spacial score (nSPS) is 10.5. The molecule has 24 heavy (non-hydrogen) atoms. The van der Waals surface area contributed by atoms with Crippen LogP contribution in [0.5, 0.6) is 0 Å². The number of aromatic carboxylic acids is 1. The minimum atomic E-state index is -0.964. The van der Waals surface area contributed by atoms with Gasteiger partial charge >= 0.3 is 5.97 Å². The molecule has 1 aromatic heterocycles. The van der Waals surface area contributed by atoms with Gasteiger partial charge in [0, 0.05) is 34.3 Å². The molecular weight excluding hydrogens is 322 g/mol. The van der Waals surface area contributed by atoms with Crippen molar-refractivity contribution in [2.24, 2.45) is 0 Å². The van der Waals surface area contributed by atoms with Gasteiger partial charge in [-0.1, -0.05) is 30.3 Å². The monoisotopic (exact) mass is 337 g/mol. The first-order valence-electron chi connectivity index (χ1n) is 7.25. The Balaban J connectivity index is 1.81. The zero-order valence-corrected chi connectivity index (χ0v) is 13.5. The number of hydrogen-bond donors (Lipinski definition) is 3. The second kappa shape index (κ2) is 6.64. The van der Waals surface area contributed by atoms with Crippen molar-refractivity contribution in [2.75, 3.05) is 5.73 Å². The Bertz CT molecular complexity index is 918. The number of nitrogen functional groups attached to an aromatic ring is 1. The highest BCUT2D eigenvalue weighted by molar-refractivity contribution is 7.10. The summed E-state index contributed by atoms with van der Waals surface area (Å²) in [4.78, 5) is 15.6. The lowest BCUT2D eigenvalue weighted by molar-refractivity contribution is 0.0697. The van der Waals surface area contributed by atoms with E-state index in [0.29, 0.717) is 29.1 Å². The van der Waals surface area contributed by atoms with E-state index in [-0.39, 0.29) is 5.56 Å². The zero-order chi connectivity index (χ0) is 17.1. The maximum absolute atomic E-state index is 11.1. The summed E-state index contributed by atoms with van der Waals surface area (Å²) in [7, 11) is 0. The Hall–Kier alpha value is -2.99. The van der Waals surface area contributed by atoms with Crippen molar-refractivity contribution in [2.45, 2.75) is 6.42 Å². The third kappa shape index (κ3) is 3.33. The maximum atomic E-state index is 11.1. The lowest BCUT2D eigenvalue weighted by Crippen LogP contribution is -2.06. The van der Waals surface area contributed by atoms with E-state index in [1.165, 1.54) is 11.3 Å². The minimum absolute atomic E-state index is 0.229. The molecular formula is C18H15N3O2S. The Morgan fingerprint density at radius 1 is 1.21 bits per heavy atom. The number of nitrogens with two attached hydrogens (primary N) is 1. The first kappa shape index (κ1) is 15.9. The molecule has 0 atom stereocenters. The van der Waals surface area contributed by atoms with Crippen molar-refractivity contribution in [3.63, 3.8) is 0 Å². The molecule has 0 unspecified atom stereocenters.